The van der Waals surface area contributed by atoms with Crippen LogP contribution >= 0.6 is 23.2 Å². The van der Waals surface area contributed by atoms with Gasteiger partial charge in [-0.3, -0.25) is 9.59 Å². The molecular weight excluding hydrogens is 409 g/mol. The molecule has 0 aliphatic carbocycles. The van der Waals surface area contributed by atoms with E-state index in [2.05, 4.69) is 20.3 Å². The Labute approximate surface area is 170 Å². The number of ether oxygens (including phenoxy) is 2. The molecule has 0 radical (unpaired) electrons. The van der Waals surface area contributed by atoms with Crippen molar-refractivity contribution < 1.29 is 19.1 Å². The van der Waals surface area contributed by atoms with Crippen molar-refractivity contribution in [3.8, 4) is 11.6 Å². The predicted octanol–water partition coefficient (Wildman–Crippen LogP) is 3.66. The van der Waals surface area contributed by atoms with Gasteiger partial charge in [-0.1, -0.05) is 37.0 Å². The van der Waals surface area contributed by atoms with E-state index in [0.29, 0.717) is 11.3 Å². The third-order valence-electron chi connectivity index (χ3n) is 3.48. The molecule has 28 heavy (non-hydrogen) atoms. The van der Waals surface area contributed by atoms with Crippen LogP contribution in [0.5, 0.6) is 11.6 Å². The summed E-state index contributed by atoms with van der Waals surface area (Å²) in [6, 6.07) is 4.34. The first-order chi connectivity index (χ1) is 13.2. The number of esters is 1. The molecule has 8 nitrogen and oxygen atoms in total. The zero-order chi connectivity index (χ0) is 20.8. The molecule has 1 heterocycles. The van der Waals surface area contributed by atoms with Gasteiger partial charge in [0.1, 0.15) is 0 Å². The van der Waals surface area contributed by atoms with Gasteiger partial charge in [-0.05, 0) is 18.1 Å². The third kappa shape index (κ3) is 5.58. The first kappa shape index (κ1) is 21.5. The maximum Gasteiger partial charge on any atom is 0.330 e. The molecule has 0 atom stereocenters. The zero-order valence-electron chi connectivity index (χ0n) is 15.2. The van der Waals surface area contributed by atoms with Gasteiger partial charge in [0.15, 0.2) is 5.75 Å². The number of aromatic amines is 1. The van der Waals surface area contributed by atoms with Gasteiger partial charge in [-0.25, -0.2) is 9.89 Å². The van der Waals surface area contributed by atoms with Crippen LogP contribution in [-0.2, 0) is 14.3 Å². The monoisotopic (exact) mass is 425 g/mol. The molecule has 1 amide bonds. The lowest BCUT2D eigenvalue weighted by atomic mass is 10.1. The summed E-state index contributed by atoms with van der Waals surface area (Å²) >= 11 is 12.4. The Morgan fingerprint density at radius 3 is 2.39 bits per heavy atom. The molecule has 0 unspecified atom stereocenters. The molecule has 0 fully saturated rings. The molecule has 0 spiro atoms. The van der Waals surface area contributed by atoms with Crippen molar-refractivity contribution in [2.75, 3.05) is 12.4 Å². The van der Waals surface area contributed by atoms with Gasteiger partial charge in [0.05, 0.1) is 17.2 Å². The van der Waals surface area contributed by atoms with E-state index in [1.54, 1.807) is 0 Å². The summed E-state index contributed by atoms with van der Waals surface area (Å²) in [5.74, 6) is -1.04. The van der Waals surface area contributed by atoms with Gasteiger partial charge in [-0.2, -0.15) is 0 Å². The number of methoxy groups -OCH3 is 1. The maximum atomic E-state index is 11.8. The number of rotatable bonds is 6. The van der Waals surface area contributed by atoms with Gasteiger partial charge in [0, 0.05) is 29.5 Å². The van der Waals surface area contributed by atoms with Crippen molar-refractivity contribution in [1.29, 1.82) is 0 Å². The molecule has 2 N–H and O–H groups in total. The summed E-state index contributed by atoms with van der Waals surface area (Å²) in [6.45, 7) is 3.72. The average molecular weight is 426 g/mol. The summed E-state index contributed by atoms with van der Waals surface area (Å²) < 4.78 is 10.0. The standard InChI is InChI=1S/C18H17Cl2N3O5/c1-9(2)11-8-15(22-23-18(11)26)28-17-12(19)6-10(7-13(17)20)21-14(24)4-5-16(25)27-3/h4-9H,1-3H3,(H,21,24)(H,23,26)/b5-4+. The van der Waals surface area contributed by atoms with E-state index in [0.717, 1.165) is 12.2 Å². The third-order valence-corrected chi connectivity index (χ3v) is 4.04. The Kier molecular flexibility index (Phi) is 7.19. The van der Waals surface area contributed by atoms with Crippen LogP contribution in [0.1, 0.15) is 25.3 Å². The van der Waals surface area contributed by atoms with E-state index in [9.17, 15) is 14.4 Å². The average Bonchev–Trinajstić information content (AvgIpc) is 2.63. The lowest BCUT2D eigenvalue weighted by molar-refractivity contribution is -0.135. The number of nitrogens with one attached hydrogen (secondary N) is 2. The van der Waals surface area contributed by atoms with Crippen LogP contribution in [-0.4, -0.2) is 29.2 Å². The number of hydrogen-bond donors (Lipinski definition) is 2. The van der Waals surface area contributed by atoms with Gasteiger partial charge in [0.2, 0.25) is 11.8 Å². The largest absolute Gasteiger partial charge is 0.466 e. The molecule has 0 saturated heterocycles. The van der Waals surface area contributed by atoms with Gasteiger partial charge >= 0.3 is 5.97 Å². The van der Waals surface area contributed by atoms with Crippen molar-refractivity contribution in [2.24, 2.45) is 0 Å². The maximum absolute atomic E-state index is 11.8. The fourth-order valence-electron chi connectivity index (χ4n) is 2.11. The van der Waals surface area contributed by atoms with E-state index in [-0.39, 0.29) is 33.2 Å². The minimum Gasteiger partial charge on any atom is -0.466 e. The molecule has 0 aliphatic rings. The molecule has 2 aromatic rings. The predicted molar refractivity (Wildman–Crippen MR) is 105 cm³/mol. The van der Waals surface area contributed by atoms with E-state index in [1.807, 2.05) is 13.8 Å². The number of benzene rings is 1. The second kappa shape index (κ2) is 9.38. The number of H-pyrrole nitrogens is 1. The van der Waals surface area contributed by atoms with Gasteiger partial charge in [0.25, 0.3) is 5.56 Å². The SMILES string of the molecule is COC(=O)/C=C/C(=O)Nc1cc(Cl)c(Oc2cc(C(C)C)c(=O)[nH]n2)c(Cl)c1. The Morgan fingerprint density at radius 2 is 1.82 bits per heavy atom. The van der Waals surface area contributed by atoms with Crippen LogP contribution in [0, 0.1) is 0 Å². The number of carbonyl (C=O) groups is 2. The van der Waals surface area contributed by atoms with Crippen molar-refractivity contribution in [3.05, 3.63) is 56.3 Å². The van der Waals surface area contributed by atoms with E-state index >= 15 is 0 Å². The summed E-state index contributed by atoms with van der Waals surface area (Å²) in [7, 11) is 1.20. The number of nitrogens with zero attached hydrogens (tertiary/aromatic N) is 1. The molecule has 0 bridgehead atoms. The van der Waals surface area contributed by atoms with Crippen molar-refractivity contribution in [2.45, 2.75) is 19.8 Å². The topological polar surface area (TPSA) is 110 Å². The smallest absolute Gasteiger partial charge is 0.330 e. The Hall–Kier alpha value is -2.84. The molecule has 2 rings (SSSR count). The van der Waals surface area contributed by atoms with Gasteiger partial charge in [-0.15, -0.1) is 5.10 Å². The van der Waals surface area contributed by atoms with Crippen LogP contribution in [0.4, 0.5) is 5.69 Å². The highest BCUT2D eigenvalue weighted by atomic mass is 35.5. The van der Waals surface area contributed by atoms with Crippen molar-refractivity contribution in [3.63, 3.8) is 0 Å². The number of halogens is 2. The zero-order valence-corrected chi connectivity index (χ0v) is 16.7. The van der Waals surface area contributed by atoms with Crippen LogP contribution in [0.3, 0.4) is 0 Å². The highest BCUT2D eigenvalue weighted by molar-refractivity contribution is 6.37. The van der Waals surface area contributed by atoms with E-state index < -0.39 is 11.9 Å². The first-order valence-corrected chi connectivity index (χ1v) is 8.80. The lowest BCUT2D eigenvalue weighted by Gasteiger charge is -2.12. The first-order valence-electron chi connectivity index (χ1n) is 8.04. The molecule has 1 aromatic heterocycles. The molecule has 0 saturated carbocycles. The fourth-order valence-corrected chi connectivity index (χ4v) is 2.68. The molecule has 1 aromatic carbocycles. The number of aromatic nitrogens is 2. The molecule has 10 heteroatoms. The highest BCUT2D eigenvalue weighted by Gasteiger charge is 2.15. The summed E-state index contributed by atoms with van der Waals surface area (Å²) in [6.07, 6.45) is 1.99. The van der Waals surface area contributed by atoms with Crippen LogP contribution in [0.2, 0.25) is 10.0 Å². The Bertz CT molecular complexity index is 962. The van der Waals surface area contributed by atoms with Crippen LogP contribution in [0.15, 0.2) is 35.1 Å². The number of anilines is 1. The normalized spacial score (nSPS) is 10.9. The summed E-state index contributed by atoms with van der Waals surface area (Å²) in [5.41, 5.74) is 0.482. The second-order valence-electron chi connectivity index (χ2n) is 5.86. The van der Waals surface area contributed by atoms with Crippen LogP contribution < -0.4 is 15.6 Å². The minimum absolute atomic E-state index is 0.0318. The van der Waals surface area contributed by atoms with E-state index in [1.165, 1.54) is 25.3 Å². The molecule has 148 valence electrons. The quantitative estimate of drug-likeness (QED) is 0.539. The van der Waals surface area contributed by atoms with E-state index in [4.69, 9.17) is 27.9 Å². The van der Waals surface area contributed by atoms with Gasteiger partial charge < -0.3 is 14.8 Å². The Balaban J connectivity index is 2.21. The Morgan fingerprint density at radius 1 is 1.18 bits per heavy atom. The lowest BCUT2D eigenvalue weighted by Crippen LogP contribution is -2.15. The molecular formula is C18H17Cl2N3O5. The minimum atomic E-state index is -0.663. The second-order valence-corrected chi connectivity index (χ2v) is 6.68. The number of carbonyl (C=O) groups excluding carboxylic acids is 2. The van der Waals surface area contributed by atoms with Crippen molar-refractivity contribution in [1.82, 2.24) is 10.2 Å². The fraction of sp³-hybridized carbons (Fsp3) is 0.222. The number of amides is 1. The number of hydrogen-bond acceptors (Lipinski definition) is 6. The summed E-state index contributed by atoms with van der Waals surface area (Å²) in [4.78, 5) is 34.6. The highest BCUT2D eigenvalue weighted by Crippen LogP contribution is 2.38. The summed E-state index contributed by atoms with van der Waals surface area (Å²) in [5, 5.41) is 8.90. The van der Waals surface area contributed by atoms with Crippen LogP contribution in [0.25, 0.3) is 0 Å². The molecule has 0 aliphatic heterocycles. The van der Waals surface area contributed by atoms with Crippen molar-refractivity contribution >= 4 is 40.8 Å².